The van der Waals surface area contributed by atoms with Gasteiger partial charge in [0, 0.05) is 36.0 Å². The molecular formula is C29H37IN2OS. The largest absolute Gasteiger partial charge is 0.399 e. The van der Waals surface area contributed by atoms with Gasteiger partial charge in [-0.3, -0.25) is 0 Å². The number of anilines is 1. The summed E-state index contributed by atoms with van der Waals surface area (Å²) in [7, 11) is 0. The third-order valence-corrected chi connectivity index (χ3v) is 9.56. The number of nitrogens with two attached hydrogens (primary N) is 1. The summed E-state index contributed by atoms with van der Waals surface area (Å²) in [4.78, 5) is 3.57. The van der Waals surface area contributed by atoms with Crippen molar-refractivity contribution in [1.82, 2.24) is 0 Å². The molecular weight excluding hydrogens is 551 g/mol. The molecule has 0 radical (unpaired) electrons. The molecule has 1 saturated heterocycles. The van der Waals surface area contributed by atoms with Gasteiger partial charge in [-0.1, -0.05) is 91.4 Å². The molecule has 1 aliphatic carbocycles. The summed E-state index contributed by atoms with van der Waals surface area (Å²) >= 11 is 4.29. The highest BCUT2D eigenvalue weighted by molar-refractivity contribution is 14.1. The van der Waals surface area contributed by atoms with Crippen LogP contribution in [0.3, 0.4) is 0 Å². The first-order valence-corrected chi connectivity index (χ1v) is 14.6. The fourth-order valence-electron chi connectivity index (χ4n) is 4.87. The number of benzene rings is 2. The fourth-order valence-corrected chi connectivity index (χ4v) is 7.03. The van der Waals surface area contributed by atoms with Crippen LogP contribution in [0.4, 0.5) is 5.69 Å². The fraction of sp³-hybridized carbons (Fsp3) is 0.448. The highest BCUT2D eigenvalue weighted by atomic mass is 127. The topological polar surface area (TPSA) is 38.5 Å². The Morgan fingerprint density at radius 2 is 1.56 bits per heavy atom. The first-order chi connectivity index (χ1) is 16.5. The van der Waals surface area contributed by atoms with Gasteiger partial charge in [0.25, 0.3) is 0 Å². The van der Waals surface area contributed by atoms with Crippen LogP contribution in [0.25, 0.3) is 10.6 Å². The van der Waals surface area contributed by atoms with Crippen LogP contribution < -0.4 is 10.6 Å². The summed E-state index contributed by atoms with van der Waals surface area (Å²) in [6.07, 6.45) is 9.65. The predicted molar refractivity (Wildman–Crippen MR) is 157 cm³/mol. The summed E-state index contributed by atoms with van der Waals surface area (Å²) in [5, 5.41) is 0. The molecule has 3 nitrogen and oxygen atoms in total. The van der Waals surface area contributed by atoms with Crippen LogP contribution in [0.15, 0.2) is 61.7 Å². The Labute approximate surface area is 223 Å². The lowest BCUT2D eigenvalue weighted by Gasteiger charge is -2.34. The second-order valence-electron chi connectivity index (χ2n) is 9.57. The van der Waals surface area contributed by atoms with Gasteiger partial charge in [0.05, 0.1) is 9.36 Å². The van der Waals surface area contributed by atoms with Crippen molar-refractivity contribution in [1.29, 1.82) is 0 Å². The standard InChI is InChI=1S/C29H37IN2OS/c1-21(31)24-8-10-25(11-9-24)22(2)34-29(30)26-12-14-27(15-13-26)32-18-16-28(17-19-32)33-20-23-6-4-3-5-7-23/h8-15,23,28-29H,1-7,16-20,31H2. The molecule has 0 aromatic heterocycles. The maximum absolute atomic E-state index is 6.30. The summed E-state index contributed by atoms with van der Waals surface area (Å²) < 4.78 is 6.61. The lowest BCUT2D eigenvalue weighted by atomic mass is 9.90. The van der Waals surface area contributed by atoms with E-state index in [0.717, 1.165) is 54.5 Å². The smallest absolute Gasteiger partial charge is 0.0860 e. The van der Waals surface area contributed by atoms with Crippen LogP contribution in [0.1, 0.15) is 64.9 Å². The van der Waals surface area contributed by atoms with E-state index in [9.17, 15) is 0 Å². The summed E-state index contributed by atoms with van der Waals surface area (Å²) in [6, 6.07) is 17.2. The van der Waals surface area contributed by atoms with E-state index in [1.165, 1.54) is 43.4 Å². The number of hydrogen-bond donors (Lipinski definition) is 1. The van der Waals surface area contributed by atoms with E-state index in [1.807, 2.05) is 12.1 Å². The molecule has 5 heteroatoms. The lowest BCUT2D eigenvalue weighted by Crippen LogP contribution is -2.37. The normalized spacial score (nSPS) is 18.6. The minimum Gasteiger partial charge on any atom is -0.399 e. The number of halogens is 1. The van der Waals surface area contributed by atoms with Crippen LogP contribution >= 0.6 is 34.4 Å². The lowest BCUT2D eigenvalue weighted by molar-refractivity contribution is 0.00810. The number of ether oxygens (including phenoxy) is 1. The number of rotatable bonds is 9. The van der Waals surface area contributed by atoms with Crippen LogP contribution in [-0.4, -0.2) is 25.8 Å². The van der Waals surface area contributed by atoms with Crippen LogP contribution in [0.2, 0.25) is 0 Å². The van der Waals surface area contributed by atoms with Gasteiger partial charge in [0.1, 0.15) is 0 Å². The summed E-state index contributed by atoms with van der Waals surface area (Å²) in [6.45, 7) is 11.2. The van der Waals surface area contributed by atoms with Crippen LogP contribution in [-0.2, 0) is 4.74 Å². The van der Waals surface area contributed by atoms with E-state index < -0.39 is 0 Å². The molecule has 2 aromatic carbocycles. The van der Waals surface area contributed by atoms with Crippen molar-refractivity contribution >= 4 is 50.6 Å². The minimum absolute atomic E-state index is 0.308. The van der Waals surface area contributed by atoms with E-state index in [2.05, 4.69) is 77.0 Å². The van der Waals surface area contributed by atoms with E-state index in [-0.39, 0.29) is 0 Å². The van der Waals surface area contributed by atoms with Crippen molar-refractivity contribution in [2.24, 2.45) is 11.7 Å². The van der Waals surface area contributed by atoms with E-state index >= 15 is 0 Å². The zero-order chi connectivity index (χ0) is 23.9. The molecule has 2 aliphatic rings. The quantitative estimate of drug-likeness (QED) is 0.238. The predicted octanol–water partition coefficient (Wildman–Crippen LogP) is 8.02. The number of hydrogen-bond acceptors (Lipinski definition) is 4. The van der Waals surface area contributed by atoms with E-state index in [0.29, 0.717) is 15.1 Å². The monoisotopic (exact) mass is 588 g/mol. The zero-order valence-corrected chi connectivity index (χ0v) is 23.0. The molecule has 0 spiro atoms. The molecule has 1 saturated carbocycles. The molecule has 182 valence electrons. The molecule has 34 heavy (non-hydrogen) atoms. The second kappa shape index (κ2) is 12.5. The average molecular weight is 589 g/mol. The highest BCUT2D eigenvalue weighted by Crippen LogP contribution is 2.43. The van der Waals surface area contributed by atoms with Crippen molar-refractivity contribution < 1.29 is 4.74 Å². The van der Waals surface area contributed by atoms with Crippen molar-refractivity contribution in [3.63, 3.8) is 0 Å². The molecule has 1 unspecified atom stereocenters. The van der Waals surface area contributed by atoms with Gasteiger partial charge >= 0.3 is 0 Å². The highest BCUT2D eigenvalue weighted by Gasteiger charge is 2.22. The van der Waals surface area contributed by atoms with Crippen LogP contribution in [0.5, 0.6) is 0 Å². The van der Waals surface area contributed by atoms with Gasteiger partial charge < -0.3 is 15.4 Å². The molecule has 4 rings (SSSR count). The maximum Gasteiger partial charge on any atom is 0.0860 e. The van der Waals surface area contributed by atoms with Crippen molar-refractivity contribution in [3.8, 4) is 0 Å². The Morgan fingerprint density at radius 3 is 2.18 bits per heavy atom. The SMILES string of the molecule is C=C(N)c1ccc(C(=C)SC(I)c2ccc(N3CCC(OCC4CCCCC4)CC3)cc2)cc1. The Balaban J connectivity index is 1.24. The molecule has 0 bridgehead atoms. The Kier molecular flexibility index (Phi) is 9.43. The summed E-state index contributed by atoms with van der Waals surface area (Å²) in [5.41, 5.74) is 11.1. The Hall–Kier alpha value is -1.44. The molecule has 2 aromatic rings. The maximum atomic E-state index is 6.30. The molecule has 1 heterocycles. The summed E-state index contributed by atoms with van der Waals surface area (Å²) in [5.74, 6) is 0.805. The van der Waals surface area contributed by atoms with Gasteiger partial charge in [0.15, 0.2) is 0 Å². The van der Waals surface area contributed by atoms with Crippen molar-refractivity contribution in [3.05, 3.63) is 78.4 Å². The van der Waals surface area contributed by atoms with Crippen molar-refractivity contribution in [2.45, 2.75) is 54.3 Å². The minimum atomic E-state index is 0.308. The van der Waals surface area contributed by atoms with Gasteiger partial charge in [-0.2, -0.15) is 0 Å². The number of piperidine rings is 1. The van der Waals surface area contributed by atoms with Gasteiger partial charge in [-0.25, -0.2) is 0 Å². The molecule has 1 atom stereocenters. The van der Waals surface area contributed by atoms with E-state index in [1.54, 1.807) is 11.8 Å². The Morgan fingerprint density at radius 1 is 0.941 bits per heavy atom. The first-order valence-electron chi connectivity index (χ1n) is 12.5. The van der Waals surface area contributed by atoms with Crippen molar-refractivity contribution in [2.75, 3.05) is 24.6 Å². The third-order valence-electron chi connectivity index (χ3n) is 7.08. The zero-order valence-electron chi connectivity index (χ0n) is 20.1. The van der Waals surface area contributed by atoms with Gasteiger partial charge in [-0.15, -0.1) is 11.8 Å². The van der Waals surface area contributed by atoms with Gasteiger partial charge in [0.2, 0.25) is 0 Å². The third kappa shape index (κ3) is 7.05. The molecule has 0 amide bonds. The van der Waals surface area contributed by atoms with E-state index in [4.69, 9.17) is 10.5 Å². The average Bonchev–Trinajstić information content (AvgIpc) is 2.88. The second-order valence-corrected chi connectivity index (χ2v) is 12.9. The molecule has 2 N–H and O–H groups in total. The molecule has 2 fully saturated rings. The number of nitrogens with zero attached hydrogens (tertiary/aromatic N) is 1. The van der Waals surface area contributed by atoms with Crippen LogP contribution in [0, 0.1) is 5.92 Å². The first kappa shape index (κ1) is 25.6. The molecule has 1 aliphatic heterocycles. The number of alkyl halides is 1. The Bertz CT molecular complexity index is 945. The van der Waals surface area contributed by atoms with Gasteiger partial charge in [-0.05, 0) is 60.4 Å². The number of thioether (sulfide) groups is 1.